The maximum atomic E-state index is 11.7. The number of nitrogens with one attached hydrogen (secondary N) is 1. The summed E-state index contributed by atoms with van der Waals surface area (Å²) < 4.78 is 35.2. The highest BCUT2D eigenvalue weighted by Crippen LogP contribution is 2.20. The summed E-state index contributed by atoms with van der Waals surface area (Å²) in [5.41, 5.74) is 2.12. The fourth-order valence-corrected chi connectivity index (χ4v) is 1.20. The van der Waals surface area contributed by atoms with Crippen LogP contribution in [0.15, 0.2) is 30.3 Å². The molecule has 0 aliphatic rings. The molecule has 0 spiro atoms. The van der Waals surface area contributed by atoms with Crippen molar-refractivity contribution in [2.24, 2.45) is 0 Å². The van der Waals surface area contributed by atoms with Gasteiger partial charge in [-0.3, -0.25) is 9.63 Å². The summed E-state index contributed by atoms with van der Waals surface area (Å²) in [4.78, 5) is 15.3. The lowest BCUT2D eigenvalue weighted by molar-refractivity contribution is -0.191. The average molecular weight is 268 g/mol. The minimum Gasteiger partial charge on any atom is -0.271 e. The van der Waals surface area contributed by atoms with Crippen LogP contribution in [0.25, 0.3) is 0 Å². The topological polar surface area (TPSA) is 38.3 Å². The Morgan fingerprint density at radius 1 is 1.35 bits per heavy atom. The Labute approximate surface area is 100 Å². The molecule has 0 heterocycles. The zero-order chi connectivity index (χ0) is 12.9. The minimum atomic E-state index is -4.50. The van der Waals surface area contributed by atoms with Gasteiger partial charge in [-0.15, -0.1) is 11.6 Å². The van der Waals surface area contributed by atoms with Crippen LogP contribution in [0, 0.1) is 0 Å². The molecule has 1 atom stereocenters. The fourth-order valence-electron chi connectivity index (χ4n) is 1.01. The Bertz CT molecular complexity index is 370. The second-order valence-corrected chi connectivity index (χ2v) is 3.58. The van der Waals surface area contributed by atoms with Crippen molar-refractivity contribution in [1.29, 1.82) is 0 Å². The number of benzene rings is 1. The number of hydrogen-bond acceptors (Lipinski definition) is 2. The summed E-state index contributed by atoms with van der Waals surface area (Å²) in [7, 11) is 0. The molecule has 17 heavy (non-hydrogen) atoms. The van der Waals surface area contributed by atoms with Gasteiger partial charge in [-0.1, -0.05) is 30.3 Å². The number of rotatable bonds is 4. The summed E-state index contributed by atoms with van der Waals surface area (Å²) in [6, 6.07) is 8.22. The van der Waals surface area contributed by atoms with Gasteiger partial charge in [0.05, 0.1) is 0 Å². The van der Waals surface area contributed by atoms with Crippen molar-refractivity contribution in [2.45, 2.75) is 11.6 Å². The molecule has 1 aromatic rings. The highest BCUT2D eigenvalue weighted by atomic mass is 35.5. The second-order valence-electron chi connectivity index (χ2n) is 3.14. The largest absolute Gasteiger partial charge is 0.414 e. The van der Waals surface area contributed by atoms with Crippen LogP contribution in [0.4, 0.5) is 13.2 Å². The molecule has 0 aliphatic heterocycles. The maximum absolute atomic E-state index is 11.7. The number of amides is 1. The number of carbonyl (C=O) groups excluding carboxylic acids is 1. The van der Waals surface area contributed by atoms with Crippen molar-refractivity contribution >= 4 is 17.5 Å². The van der Waals surface area contributed by atoms with Crippen LogP contribution < -0.4 is 5.48 Å². The molecule has 0 aliphatic carbocycles. The van der Waals surface area contributed by atoms with Crippen molar-refractivity contribution < 1.29 is 22.8 Å². The van der Waals surface area contributed by atoms with Gasteiger partial charge in [-0.2, -0.15) is 13.2 Å². The van der Waals surface area contributed by atoms with Gasteiger partial charge >= 0.3 is 6.18 Å². The first-order chi connectivity index (χ1) is 7.90. The van der Waals surface area contributed by atoms with E-state index in [0.717, 1.165) is 0 Å². The molecular formula is C10H9ClF3NO2. The number of hydroxylamine groups is 1. The average Bonchev–Trinajstić information content (AvgIpc) is 2.27. The Kier molecular flexibility index (Phi) is 4.77. The number of alkyl halides is 4. The van der Waals surface area contributed by atoms with Crippen molar-refractivity contribution in [3.63, 3.8) is 0 Å². The summed E-state index contributed by atoms with van der Waals surface area (Å²) >= 11 is 5.73. The van der Waals surface area contributed by atoms with Gasteiger partial charge in [-0.25, -0.2) is 5.48 Å². The monoisotopic (exact) mass is 267 g/mol. The molecular weight excluding hydrogens is 259 g/mol. The van der Waals surface area contributed by atoms with Crippen LogP contribution in [-0.4, -0.2) is 18.7 Å². The summed E-state index contributed by atoms with van der Waals surface area (Å²) in [5, 5.41) is -1.09. The molecule has 0 bridgehead atoms. The first-order valence-electron chi connectivity index (χ1n) is 4.57. The van der Waals surface area contributed by atoms with E-state index in [0.29, 0.717) is 5.56 Å². The van der Waals surface area contributed by atoms with Gasteiger partial charge in [0.1, 0.15) is 5.38 Å². The van der Waals surface area contributed by atoms with E-state index < -0.39 is 24.1 Å². The lowest BCUT2D eigenvalue weighted by Gasteiger charge is -2.11. The fraction of sp³-hybridized carbons (Fsp3) is 0.300. The highest BCUT2D eigenvalue weighted by Gasteiger charge is 2.29. The molecule has 0 fully saturated rings. The molecule has 0 aromatic heterocycles. The number of hydrogen-bond donors (Lipinski definition) is 1. The highest BCUT2D eigenvalue weighted by molar-refractivity contribution is 6.30. The van der Waals surface area contributed by atoms with Crippen LogP contribution in [0.5, 0.6) is 0 Å². The quantitative estimate of drug-likeness (QED) is 0.673. The molecule has 3 nitrogen and oxygen atoms in total. The zero-order valence-electron chi connectivity index (χ0n) is 8.50. The molecule has 1 aromatic carbocycles. The third kappa shape index (κ3) is 5.06. The van der Waals surface area contributed by atoms with E-state index in [-0.39, 0.29) is 0 Å². The smallest absolute Gasteiger partial charge is 0.271 e. The lowest BCUT2D eigenvalue weighted by atomic mass is 10.1. The maximum Gasteiger partial charge on any atom is 0.414 e. The van der Waals surface area contributed by atoms with Crippen LogP contribution in [-0.2, 0) is 9.63 Å². The molecule has 0 saturated heterocycles. The third-order valence-electron chi connectivity index (χ3n) is 1.73. The predicted octanol–water partition coefficient (Wildman–Crippen LogP) is 2.58. The molecule has 1 amide bonds. The molecule has 94 valence electrons. The standard InChI is InChI=1S/C10H9ClF3NO2/c11-8(7-4-2-1-3-5-7)9(16)15-17-6-10(12,13)14/h1-5,8H,6H2,(H,15,16). The molecule has 0 saturated carbocycles. The summed E-state index contributed by atoms with van der Waals surface area (Å²) in [6.07, 6.45) is -4.50. The number of carbonyl (C=O) groups is 1. The minimum absolute atomic E-state index is 0.474. The van der Waals surface area contributed by atoms with Crippen molar-refractivity contribution in [2.75, 3.05) is 6.61 Å². The van der Waals surface area contributed by atoms with Crippen LogP contribution >= 0.6 is 11.6 Å². The Morgan fingerprint density at radius 2 is 1.94 bits per heavy atom. The van der Waals surface area contributed by atoms with E-state index in [1.165, 1.54) is 0 Å². The van der Waals surface area contributed by atoms with E-state index in [1.54, 1.807) is 35.8 Å². The van der Waals surface area contributed by atoms with E-state index in [9.17, 15) is 18.0 Å². The van der Waals surface area contributed by atoms with Gasteiger partial charge in [0.25, 0.3) is 5.91 Å². The molecule has 1 rings (SSSR count). The van der Waals surface area contributed by atoms with E-state index in [1.807, 2.05) is 0 Å². The summed E-state index contributed by atoms with van der Waals surface area (Å²) in [5.74, 6) is -0.845. The van der Waals surface area contributed by atoms with Gasteiger partial charge < -0.3 is 0 Å². The van der Waals surface area contributed by atoms with Gasteiger partial charge in [-0.05, 0) is 5.56 Å². The van der Waals surface area contributed by atoms with Gasteiger partial charge in [0.15, 0.2) is 6.61 Å². The van der Waals surface area contributed by atoms with Crippen LogP contribution in [0.3, 0.4) is 0 Å². The van der Waals surface area contributed by atoms with Gasteiger partial charge in [0.2, 0.25) is 0 Å². The van der Waals surface area contributed by atoms with E-state index >= 15 is 0 Å². The number of halogens is 4. The first-order valence-corrected chi connectivity index (χ1v) is 5.01. The van der Waals surface area contributed by atoms with Crippen molar-refractivity contribution in [3.05, 3.63) is 35.9 Å². The molecule has 1 N–H and O–H groups in total. The van der Waals surface area contributed by atoms with Crippen molar-refractivity contribution in [3.8, 4) is 0 Å². The zero-order valence-corrected chi connectivity index (χ0v) is 9.26. The molecule has 7 heteroatoms. The van der Waals surface area contributed by atoms with Crippen LogP contribution in [0.1, 0.15) is 10.9 Å². The molecule has 1 unspecified atom stereocenters. The second kappa shape index (κ2) is 5.88. The lowest BCUT2D eigenvalue weighted by Crippen LogP contribution is -2.31. The van der Waals surface area contributed by atoms with E-state index in [4.69, 9.17) is 11.6 Å². The summed E-state index contributed by atoms with van der Waals surface area (Å²) in [6.45, 7) is -1.56. The molecule has 0 radical (unpaired) electrons. The Hall–Kier alpha value is -1.27. The van der Waals surface area contributed by atoms with Crippen molar-refractivity contribution in [1.82, 2.24) is 5.48 Å². The first kappa shape index (κ1) is 13.8. The Balaban J connectivity index is 2.43. The predicted molar refractivity (Wildman–Crippen MR) is 55.2 cm³/mol. The van der Waals surface area contributed by atoms with Crippen LogP contribution in [0.2, 0.25) is 0 Å². The van der Waals surface area contributed by atoms with E-state index in [2.05, 4.69) is 4.84 Å². The third-order valence-corrected chi connectivity index (χ3v) is 2.18. The SMILES string of the molecule is O=C(NOCC(F)(F)F)C(Cl)c1ccccc1. The van der Waals surface area contributed by atoms with Gasteiger partial charge in [0, 0.05) is 0 Å². The normalized spacial score (nSPS) is 13.2. The Morgan fingerprint density at radius 3 is 2.47 bits per heavy atom.